The first kappa shape index (κ1) is 10.8. The van der Waals surface area contributed by atoms with Gasteiger partial charge >= 0.3 is 0 Å². The first-order valence-corrected chi connectivity index (χ1v) is 6.31. The lowest BCUT2D eigenvalue weighted by Crippen LogP contribution is -1.80. The van der Waals surface area contributed by atoms with Crippen molar-refractivity contribution in [2.24, 2.45) is 0 Å². The van der Waals surface area contributed by atoms with Gasteiger partial charge in [0.05, 0.1) is 15.2 Å². The quantitative estimate of drug-likeness (QED) is 0.650. The molecule has 84 valence electrons. The minimum absolute atomic E-state index is 0.715. The third kappa shape index (κ3) is 1.85. The fraction of sp³-hybridized carbons (Fsp3) is 0. The van der Waals surface area contributed by atoms with E-state index in [-0.39, 0.29) is 0 Å². The van der Waals surface area contributed by atoms with E-state index in [4.69, 9.17) is 11.6 Å². The van der Waals surface area contributed by atoms with Crippen molar-refractivity contribution in [1.29, 1.82) is 0 Å². The van der Waals surface area contributed by atoms with Crippen LogP contribution in [-0.2, 0) is 0 Å². The SMILES string of the molecule is Clc1ccccc1-c1cn2cccc(Br)c2n1. The number of rotatable bonds is 1. The number of pyridine rings is 1. The van der Waals surface area contributed by atoms with Gasteiger partial charge in [0.1, 0.15) is 0 Å². The van der Waals surface area contributed by atoms with Crippen molar-refractivity contribution in [2.45, 2.75) is 0 Å². The second-order valence-corrected chi connectivity index (χ2v) is 4.95. The third-order valence-corrected chi connectivity index (χ3v) is 3.53. The molecule has 3 aromatic rings. The van der Waals surface area contributed by atoms with Gasteiger partial charge in [0.25, 0.3) is 0 Å². The van der Waals surface area contributed by atoms with E-state index in [2.05, 4.69) is 20.9 Å². The Morgan fingerprint density at radius 2 is 1.94 bits per heavy atom. The van der Waals surface area contributed by atoms with E-state index >= 15 is 0 Å². The maximum Gasteiger partial charge on any atom is 0.151 e. The fourth-order valence-electron chi connectivity index (χ4n) is 1.78. The molecule has 1 aromatic carbocycles. The third-order valence-electron chi connectivity index (χ3n) is 2.58. The van der Waals surface area contributed by atoms with E-state index < -0.39 is 0 Å². The van der Waals surface area contributed by atoms with E-state index in [9.17, 15) is 0 Å². The Balaban J connectivity index is 2.26. The molecule has 2 aromatic heterocycles. The van der Waals surface area contributed by atoms with E-state index in [0.29, 0.717) is 5.02 Å². The van der Waals surface area contributed by atoms with Crippen molar-refractivity contribution in [1.82, 2.24) is 9.38 Å². The normalized spacial score (nSPS) is 10.9. The summed E-state index contributed by atoms with van der Waals surface area (Å²) in [5.41, 5.74) is 2.72. The molecule has 0 atom stereocenters. The van der Waals surface area contributed by atoms with Gasteiger partial charge in [0.15, 0.2) is 5.65 Å². The number of fused-ring (bicyclic) bond motifs is 1. The number of hydrogen-bond acceptors (Lipinski definition) is 1. The molecule has 0 spiro atoms. The first-order valence-electron chi connectivity index (χ1n) is 5.14. The average Bonchev–Trinajstić information content (AvgIpc) is 2.75. The van der Waals surface area contributed by atoms with Crippen LogP contribution in [0.4, 0.5) is 0 Å². The minimum Gasteiger partial charge on any atom is -0.306 e. The molecule has 0 amide bonds. The Morgan fingerprint density at radius 3 is 2.71 bits per heavy atom. The molecule has 0 bridgehead atoms. The van der Waals surface area contributed by atoms with E-state index in [1.54, 1.807) is 0 Å². The maximum atomic E-state index is 6.17. The standard InChI is InChI=1S/C13H8BrClN2/c14-10-5-3-7-17-8-12(16-13(10)17)9-4-1-2-6-11(9)15/h1-8H. The summed E-state index contributed by atoms with van der Waals surface area (Å²) in [5, 5.41) is 0.715. The predicted molar refractivity (Wildman–Crippen MR) is 73.3 cm³/mol. The van der Waals surface area contributed by atoms with Crippen LogP contribution in [0.2, 0.25) is 5.02 Å². The number of hydrogen-bond donors (Lipinski definition) is 0. The number of nitrogens with zero attached hydrogens (tertiary/aromatic N) is 2. The Kier molecular flexibility index (Phi) is 2.65. The lowest BCUT2D eigenvalue weighted by atomic mass is 10.2. The summed E-state index contributed by atoms with van der Waals surface area (Å²) in [5.74, 6) is 0. The highest BCUT2D eigenvalue weighted by Gasteiger charge is 2.08. The summed E-state index contributed by atoms with van der Waals surface area (Å²) in [6.07, 6.45) is 3.94. The summed E-state index contributed by atoms with van der Waals surface area (Å²) in [6.45, 7) is 0. The molecule has 3 rings (SSSR count). The highest BCUT2D eigenvalue weighted by Crippen LogP contribution is 2.28. The Morgan fingerprint density at radius 1 is 1.12 bits per heavy atom. The molecule has 0 saturated heterocycles. The van der Waals surface area contributed by atoms with Crippen molar-refractivity contribution in [3.05, 3.63) is 58.3 Å². The smallest absolute Gasteiger partial charge is 0.151 e. The molecular weight excluding hydrogens is 300 g/mol. The minimum atomic E-state index is 0.715. The zero-order chi connectivity index (χ0) is 11.8. The van der Waals surface area contributed by atoms with Gasteiger partial charge in [-0.05, 0) is 34.1 Å². The molecule has 17 heavy (non-hydrogen) atoms. The molecule has 0 unspecified atom stereocenters. The first-order chi connectivity index (χ1) is 8.25. The molecule has 0 fully saturated rings. The zero-order valence-electron chi connectivity index (χ0n) is 8.77. The summed E-state index contributed by atoms with van der Waals surface area (Å²) in [4.78, 5) is 4.57. The molecule has 0 radical (unpaired) electrons. The van der Waals surface area contributed by atoms with Gasteiger partial charge in [-0.1, -0.05) is 29.8 Å². The molecular formula is C13H8BrClN2. The largest absolute Gasteiger partial charge is 0.306 e. The lowest BCUT2D eigenvalue weighted by molar-refractivity contribution is 1.18. The van der Waals surface area contributed by atoms with Crippen LogP contribution >= 0.6 is 27.5 Å². The van der Waals surface area contributed by atoms with Gasteiger partial charge in [-0.15, -0.1) is 0 Å². The molecule has 2 heterocycles. The van der Waals surface area contributed by atoms with Gasteiger partial charge in [0, 0.05) is 18.0 Å². The second-order valence-electron chi connectivity index (χ2n) is 3.69. The van der Waals surface area contributed by atoms with Crippen molar-refractivity contribution < 1.29 is 0 Å². The lowest BCUT2D eigenvalue weighted by Gasteiger charge is -1.97. The van der Waals surface area contributed by atoms with Crippen LogP contribution in [0.1, 0.15) is 0 Å². The zero-order valence-corrected chi connectivity index (χ0v) is 11.1. The molecule has 0 saturated carbocycles. The van der Waals surface area contributed by atoms with Gasteiger partial charge < -0.3 is 4.40 Å². The monoisotopic (exact) mass is 306 g/mol. The topological polar surface area (TPSA) is 17.3 Å². The molecule has 2 nitrogen and oxygen atoms in total. The Hall–Kier alpha value is -1.32. The molecule has 4 heteroatoms. The second kappa shape index (κ2) is 4.17. The predicted octanol–water partition coefficient (Wildman–Crippen LogP) is 4.42. The van der Waals surface area contributed by atoms with Gasteiger partial charge in [-0.3, -0.25) is 0 Å². The molecule has 0 aliphatic rings. The number of imidazole rings is 1. The average molecular weight is 308 g/mol. The van der Waals surface area contributed by atoms with Gasteiger partial charge in [-0.2, -0.15) is 0 Å². The van der Waals surface area contributed by atoms with Crippen LogP contribution in [0.3, 0.4) is 0 Å². The Bertz CT molecular complexity index is 691. The number of halogens is 2. The summed E-state index contributed by atoms with van der Waals surface area (Å²) >= 11 is 9.65. The summed E-state index contributed by atoms with van der Waals surface area (Å²) < 4.78 is 2.95. The van der Waals surface area contributed by atoms with E-state index in [0.717, 1.165) is 21.4 Å². The van der Waals surface area contributed by atoms with Crippen LogP contribution in [-0.4, -0.2) is 9.38 Å². The van der Waals surface area contributed by atoms with Crippen LogP contribution in [0.5, 0.6) is 0 Å². The highest BCUT2D eigenvalue weighted by atomic mass is 79.9. The molecule has 0 aliphatic heterocycles. The number of aromatic nitrogens is 2. The van der Waals surface area contributed by atoms with Gasteiger partial charge in [-0.25, -0.2) is 4.98 Å². The number of benzene rings is 1. The molecule has 0 aliphatic carbocycles. The maximum absolute atomic E-state index is 6.17. The van der Waals surface area contributed by atoms with Crippen molar-refractivity contribution in [2.75, 3.05) is 0 Å². The summed E-state index contributed by atoms with van der Waals surface area (Å²) in [6, 6.07) is 11.7. The van der Waals surface area contributed by atoms with Crippen LogP contribution < -0.4 is 0 Å². The summed E-state index contributed by atoms with van der Waals surface area (Å²) in [7, 11) is 0. The molecule has 0 N–H and O–H groups in total. The van der Waals surface area contributed by atoms with Crippen LogP contribution in [0.25, 0.3) is 16.9 Å². The van der Waals surface area contributed by atoms with Crippen molar-refractivity contribution in [3.63, 3.8) is 0 Å². The van der Waals surface area contributed by atoms with Gasteiger partial charge in [0.2, 0.25) is 0 Å². The van der Waals surface area contributed by atoms with Crippen molar-refractivity contribution >= 4 is 33.2 Å². The van der Waals surface area contributed by atoms with E-state index in [1.165, 1.54) is 0 Å². The van der Waals surface area contributed by atoms with E-state index in [1.807, 2.05) is 53.2 Å². The highest BCUT2D eigenvalue weighted by molar-refractivity contribution is 9.10. The Labute approximate surface area is 112 Å². The van der Waals surface area contributed by atoms with Crippen LogP contribution in [0.15, 0.2) is 53.3 Å². The fourth-order valence-corrected chi connectivity index (χ4v) is 2.46. The van der Waals surface area contributed by atoms with Crippen molar-refractivity contribution in [3.8, 4) is 11.3 Å². The van der Waals surface area contributed by atoms with Crippen LogP contribution in [0, 0.1) is 0 Å².